The molecule has 1 atom stereocenters. The second kappa shape index (κ2) is 5.13. The Labute approximate surface area is 88.1 Å². The van der Waals surface area contributed by atoms with Crippen molar-refractivity contribution in [3.63, 3.8) is 0 Å². The van der Waals surface area contributed by atoms with E-state index in [9.17, 15) is 0 Å². The quantitative estimate of drug-likeness (QED) is 0.728. The molecule has 1 unspecified atom stereocenters. The van der Waals surface area contributed by atoms with Crippen LogP contribution in [0.1, 0.15) is 52.9 Å². The molecule has 1 rings (SSSR count). The van der Waals surface area contributed by atoms with E-state index in [0.29, 0.717) is 11.5 Å². The van der Waals surface area contributed by atoms with Crippen LogP contribution in [0.3, 0.4) is 0 Å². The molecule has 0 radical (unpaired) electrons. The maximum Gasteiger partial charge on any atom is 0.0524 e. The third-order valence-corrected chi connectivity index (χ3v) is 3.33. The van der Waals surface area contributed by atoms with Crippen molar-refractivity contribution in [3.8, 4) is 0 Å². The van der Waals surface area contributed by atoms with Crippen molar-refractivity contribution in [3.05, 3.63) is 0 Å². The lowest BCUT2D eigenvalue weighted by Gasteiger charge is -2.34. The fourth-order valence-electron chi connectivity index (χ4n) is 2.10. The van der Waals surface area contributed by atoms with E-state index in [1.165, 1.54) is 25.7 Å². The molecule has 0 aliphatic heterocycles. The molecule has 1 saturated carbocycles. The Kier molecular flexibility index (Phi) is 4.39. The first-order valence-corrected chi connectivity index (χ1v) is 5.91. The van der Waals surface area contributed by atoms with Gasteiger partial charge < -0.3 is 10.4 Å². The van der Waals surface area contributed by atoms with E-state index in [-0.39, 0.29) is 6.10 Å². The van der Waals surface area contributed by atoms with Crippen LogP contribution in [0.15, 0.2) is 0 Å². The van der Waals surface area contributed by atoms with Crippen LogP contribution in [0, 0.1) is 5.41 Å². The Morgan fingerprint density at radius 1 is 1.36 bits per heavy atom. The molecule has 2 heteroatoms. The van der Waals surface area contributed by atoms with Crippen LogP contribution in [0.2, 0.25) is 0 Å². The summed E-state index contributed by atoms with van der Waals surface area (Å²) in [5.74, 6) is 0. The highest BCUT2D eigenvalue weighted by atomic mass is 16.3. The first-order valence-electron chi connectivity index (χ1n) is 5.91. The third kappa shape index (κ3) is 4.43. The van der Waals surface area contributed by atoms with Gasteiger partial charge in [0.2, 0.25) is 0 Å². The molecule has 84 valence electrons. The molecule has 0 saturated heterocycles. The number of rotatable bonds is 4. The summed E-state index contributed by atoms with van der Waals surface area (Å²) in [6, 6.07) is 0.696. The van der Waals surface area contributed by atoms with Gasteiger partial charge in [-0.25, -0.2) is 0 Å². The molecule has 1 aliphatic rings. The second-order valence-electron chi connectivity index (χ2n) is 5.53. The summed E-state index contributed by atoms with van der Waals surface area (Å²) in [4.78, 5) is 0. The van der Waals surface area contributed by atoms with Crippen molar-refractivity contribution < 1.29 is 5.11 Å². The molecular formula is C12H25NO. The Balaban J connectivity index is 2.10. The first kappa shape index (κ1) is 12.0. The van der Waals surface area contributed by atoms with Crippen molar-refractivity contribution in [2.75, 3.05) is 6.54 Å². The van der Waals surface area contributed by atoms with Crippen molar-refractivity contribution in [1.29, 1.82) is 0 Å². The van der Waals surface area contributed by atoms with E-state index in [1.807, 2.05) is 6.92 Å². The third-order valence-electron chi connectivity index (χ3n) is 3.33. The van der Waals surface area contributed by atoms with Gasteiger partial charge in [-0.1, -0.05) is 13.8 Å². The number of nitrogens with one attached hydrogen (secondary N) is 1. The summed E-state index contributed by atoms with van der Waals surface area (Å²) in [5, 5.41) is 12.7. The zero-order valence-electron chi connectivity index (χ0n) is 9.84. The van der Waals surface area contributed by atoms with Gasteiger partial charge in [-0.2, -0.15) is 0 Å². The van der Waals surface area contributed by atoms with E-state index in [4.69, 9.17) is 5.11 Å². The Morgan fingerprint density at radius 3 is 2.43 bits per heavy atom. The maximum atomic E-state index is 9.12. The highest BCUT2D eigenvalue weighted by Crippen LogP contribution is 2.34. The summed E-state index contributed by atoms with van der Waals surface area (Å²) in [7, 11) is 0. The van der Waals surface area contributed by atoms with Gasteiger partial charge in [0.1, 0.15) is 0 Å². The van der Waals surface area contributed by atoms with E-state index in [2.05, 4.69) is 19.2 Å². The molecule has 0 aromatic carbocycles. The first-order chi connectivity index (χ1) is 6.49. The molecule has 14 heavy (non-hydrogen) atoms. The average molecular weight is 199 g/mol. The molecule has 1 aliphatic carbocycles. The molecule has 2 N–H and O–H groups in total. The standard InChI is InChI=1S/C12H25NO/c1-10(14)6-9-13-11-4-7-12(2,3)8-5-11/h10-11,13-14H,4-9H2,1-3H3. The predicted molar refractivity (Wildman–Crippen MR) is 60.3 cm³/mol. The molecule has 2 nitrogen and oxygen atoms in total. The van der Waals surface area contributed by atoms with Crippen LogP contribution in [-0.4, -0.2) is 23.8 Å². The normalized spacial score (nSPS) is 24.9. The number of hydrogen-bond acceptors (Lipinski definition) is 2. The van der Waals surface area contributed by atoms with Crippen molar-refractivity contribution in [2.24, 2.45) is 5.41 Å². The minimum atomic E-state index is -0.164. The van der Waals surface area contributed by atoms with Crippen LogP contribution in [0.25, 0.3) is 0 Å². The minimum Gasteiger partial charge on any atom is -0.393 e. The second-order valence-corrected chi connectivity index (χ2v) is 5.53. The van der Waals surface area contributed by atoms with Crippen LogP contribution in [0.5, 0.6) is 0 Å². The Bertz CT molecular complexity index is 156. The largest absolute Gasteiger partial charge is 0.393 e. The van der Waals surface area contributed by atoms with Crippen molar-refractivity contribution in [2.45, 2.75) is 65.0 Å². The van der Waals surface area contributed by atoms with Gasteiger partial charge >= 0.3 is 0 Å². The van der Waals surface area contributed by atoms with Crippen LogP contribution >= 0.6 is 0 Å². The molecular weight excluding hydrogens is 174 g/mol. The smallest absolute Gasteiger partial charge is 0.0524 e. The lowest BCUT2D eigenvalue weighted by atomic mass is 9.75. The summed E-state index contributed by atoms with van der Waals surface area (Å²) in [5.41, 5.74) is 0.558. The van der Waals surface area contributed by atoms with Gasteiger partial charge in [0, 0.05) is 6.04 Å². The number of aliphatic hydroxyl groups excluding tert-OH is 1. The number of aliphatic hydroxyl groups is 1. The zero-order valence-corrected chi connectivity index (χ0v) is 9.84. The summed E-state index contributed by atoms with van der Waals surface area (Å²) < 4.78 is 0. The van der Waals surface area contributed by atoms with E-state index < -0.39 is 0 Å². The minimum absolute atomic E-state index is 0.164. The topological polar surface area (TPSA) is 32.3 Å². The van der Waals surface area contributed by atoms with Gasteiger partial charge in [0.05, 0.1) is 6.10 Å². The van der Waals surface area contributed by atoms with E-state index >= 15 is 0 Å². The molecule has 0 heterocycles. The Morgan fingerprint density at radius 2 is 1.93 bits per heavy atom. The Hall–Kier alpha value is -0.0800. The van der Waals surface area contributed by atoms with Crippen molar-refractivity contribution >= 4 is 0 Å². The van der Waals surface area contributed by atoms with Crippen LogP contribution < -0.4 is 5.32 Å². The highest BCUT2D eigenvalue weighted by Gasteiger charge is 2.26. The predicted octanol–water partition coefficient (Wildman–Crippen LogP) is 2.32. The van der Waals surface area contributed by atoms with Gasteiger partial charge in [0.25, 0.3) is 0 Å². The lowest BCUT2D eigenvalue weighted by molar-refractivity contribution is 0.172. The van der Waals surface area contributed by atoms with Gasteiger partial charge in [-0.15, -0.1) is 0 Å². The van der Waals surface area contributed by atoms with Crippen LogP contribution in [-0.2, 0) is 0 Å². The molecule has 0 amide bonds. The molecule has 0 aromatic rings. The average Bonchev–Trinajstić information content (AvgIpc) is 2.07. The molecule has 0 aromatic heterocycles. The fourth-order valence-corrected chi connectivity index (χ4v) is 2.10. The van der Waals surface area contributed by atoms with Crippen LogP contribution in [0.4, 0.5) is 0 Å². The summed E-state index contributed by atoms with van der Waals surface area (Å²) in [6.07, 6.45) is 5.97. The van der Waals surface area contributed by atoms with Gasteiger partial charge in [0.15, 0.2) is 0 Å². The molecule has 0 bridgehead atoms. The fraction of sp³-hybridized carbons (Fsp3) is 1.00. The highest BCUT2D eigenvalue weighted by molar-refractivity contribution is 4.81. The monoisotopic (exact) mass is 199 g/mol. The van der Waals surface area contributed by atoms with Gasteiger partial charge in [-0.05, 0) is 51.0 Å². The zero-order chi connectivity index (χ0) is 10.6. The van der Waals surface area contributed by atoms with E-state index in [0.717, 1.165) is 13.0 Å². The van der Waals surface area contributed by atoms with Gasteiger partial charge in [-0.3, -0.25) is 0 Å². The lowest BCUT2D eigenvalue weighted by Crippen LogP contribution is -2.36. The molecule has 1 fully saturated rings. The SMILES string of the molecule is CC(O)CCNC1CCC(C)(C)CC1. The summed E-state index contributed by atoms with van der Waals surface area (Å²) >= 11 is 0. The maximum absolute atomic E-state index is 9.12. The number of hydrogen-bond donors (Lipinski definition) is 2. The van der Waals surface area contributed by atoms with Crippen molar-refractivity contribution in [1.82, 2.24) is 5.32 Å². The van der Waals surface area contributed by atoms with E-state index in [1.54, 1.807) is 0 Å². The summed E-state index contributed by atoms with van der Waals surface area (Å²) in [6.45, 7) is 7.53. The molecule has 0 spiro atoms.